The predicted molar refractivity (Wildman–Crippen MR) is 94.1 cm³/mol. The lowest BCUT2D eigenvalue weighted by molar-refractivity contribution is 0.213. The van der Waals surface area contributed by atoms with Gasteiger partial charge in [0.25, 0.3) is 0 Å². The zero-order chi connectivity index (χ0) is 16.5. The van der Waals surface area contributed by atoms with Crippen LogP contribution >= 0.6 is 0 Å². The average Bonchev–Trinajstić information content (AvgIpc) is 2.56. The number of hydrogen-bond acceptors (Lipinski definition) is 2. The third kappa shape index (κ3) is 6.18. The summed E-state index contributed by atoms with van der Waals surface area (Å²) in [5, 5.41) is 6.60. The van der Waals surface area contributed by atoms with Gasteiger partial charge in [-0.1, -0.05) is 18.2 Å². The number of likely N-dealkylation sites (tertiary alicyclic amines) is 1. The molecular weight excluding hydrogens is 291 g/mol. The lowest BCUT2D eigenvalue weighted by Gasteiger charge is -2.29. The van der Waals surface area contributed by atoms with Gasteiger partial charge in [-0.2, -0.15) is 0 Å². The van der Waals surface area contributed by atoms with Crippen LogP contribution in [0.1, 0.15) is 31.7 Å². The predicted octanol–water partition coefficient (Wildman–Crippen LogP) is 2.61. The Labute approximate surface area is 139 Å². The lowest BCUT2D eigenvalue weighted by Crippen LogP contribution is -2.39. The maximum Gasteiger partial charge on any atom is 0.191 e. The summed E-state index contributed by atoms with van der Waals surface area (Å²) in [6.45, 7) is 6.51. The minimum Gasteiger partial charge on any atom is -0.357 e. The van der Waals surface area contributed by atoms with Crippen LogP contribution in [0.3, 0.4) is 0 Å². The first-order chi connectivity index (χ1) is 11.2. The molecule has 0 amide bonds. The molecule has 0 unspecified atom stereocenters. The van der Waals surface area contributed by atoms with Crippen molar-refractivity contribution in [2.45, 2.75) is 32.7 Å². The van der Waals surface area contributed by atoms with E-state index in [0.29, 0.717) is 12.1 Å². The Morgan fingerprint density at radius 3 is 2.70 bits per heavy atom. The highest BCUT2D eigenvalue weighted by Crippen LogP contribution is 2.18. The Kier molecular flexibility index (Phi) is 7.33. The van der Waals surface area contributed by atoms with E-state index in [1.54, 1.807) is 12.1 Å². The van der Waals surface area contributed by atoms with Gasteiger partial charge in [-0.25, -0.2) is 9.38 Å². The van der Waals surface area contributed by atoms with Crippen molar-refractivity contribution in [3.05, 3.63) is 35.6 Å². The van der Waals surface area contributed by atoms with Crippen LogP contribution in [0.2, 0.25) is 0 Å². The summed E-state index contributed by atoms with van der Waals surface area (Å²) < 4.78 is 13.6. The molecule has 23 heavy (non-hydrogen) atoms. The smallest absolute Gasteiger partial charge is 0.191 e. The molecule has 0 atom stereocenters. The number of nitrogens with one attached hydrogen (secondary N) is 2. The summed E-state index contributed by atoms with van der Waals surface area (Å²) in [7, 11) is 2.19. The van der Waals surface area contributed by atoms with Crippen molar-refractivity contribution in [2.75, 3.05) is 33.2 Å². The van der Waals surface area contributed by atoms with Gasteiger partial charge in [0.15, 0.2) is 5.96 Å². The topological polar surface area (TPSA) is 39.7 Å². The van der Waals surface area contributed by atoms with Gasteiger partial charge in [-0.3, -0.25) is 0 Å². The van der Waals surface area contributed by atoms with E-state index in [0.717, 1.165) is 31.4 Å². The van der Waals surface area contributed by atoms with E-state index in [-0.39, 0.29) is 5.82 Å². The Morgan fingerprint density at radius 2 is 2.00 bits per heavy atom. The summed E-state index contributed by atoms with van der Waals surface area (Å²) in [5.74, 6) is 1.37. The largest absolute Gasteiger partial charge is 0.357 e. The van der Waals surface area contributed by atoms with Gasteiger partial charge in [0.05, 0.1) is 6.54 Å². The van der Waals surface area contributed by atoms with Crippen molar-refractivity contribution in [2.24, 2.45) is 10.9 Å². The molecule has 5 heteroatoms. The van der Waals surface area contributed by atoms with Gasteiger partial charge < -0.3 is 15.5 Å². The van der Waals surface area contributed by atoms with Crippen molar-refractivity contribution >= 4 is 5.96 Å². The number of halogens is 1. The van der Waals surface area contributed by atoms with E-state index in [9.17, 15) is 4.39 Å². The molecule has 0 bridgehead atoms. The minimum absolute atomic E-state index is 0.196. The van der Waals surface area contributed by atoms with Gasteiger partial charge >= 0.3 is 0 Å². The average molecular weight is 320 g/mol. The molecule has 1 aromatic carbocycles. The zero-order valence-corrected chi connectivity index (χ0v) is 14.3. The van der Waals surface area contributed by atoms with Crippen LogP contribution in [0, 0.1) is 11.7 Å². The molecule has 2 rings (SSSR count). The fourth-order valence-electron chi connectivity index (χ4n) is 2.88. The summed E-state index contributed by atoms with van der Waals surface area (Å²) in [6, 6.07) is 6.80. The van der Waals surface area contributed by atoms with E-state index in [1.165, 1.54) is 32.0 Å². The number of guanidine groups is 1. The number of hydrogen-bond donors (Lipinski definition) is 2. The highest BCUT2D eigenvalue weighted by Gasteiger charge is 2.16. The molecule has 1 saturated heterocycles. The summed E-state index contributed by atoms with van der Waals surface area (Å²) >= 11 is 0. The summed E-state index contributed by atoms with van der Waals surface area (Å²) in [6.07, 6.45) is 3.72. The maximum absolute atomic E-state index is 13.6. The van der Waals surface area contributed by atoms with E-state index in [4.69, 9.17) is 0 Å². The van der Waals surface area contributed by atoms with Gasteiger partial charge in [0, 0.05) is 18.7 Å². The van der Waals surface area contributed by atoms with Gasteiger partial charge in [0.2, 0.25) is 0 Å². The van der Waals surface area contributed by atoms with E-state index >= 15 is 0 Å². The number of nitrogens with zero attached hydrogens (tertiary/aromatic N) is 2. The van der Waals surface area contributed by atoms with E-state index < -0.39 is 0 Å². The van der Waals surface area contributed by atoms with Crippen LogP contribution in [0.5, 0.6) is 0 Å². The number of piperidine rings is 1. The first kappa shape index (κ1) is 17.7. The van der Waals surface area contributed by atoms with Crippen LogP contribution in [0.25, 0.3) is 0 Å². The highest BCUT2D eigenvalue weighted by molar-refractivity contribution is 5.79. The SMILES string of the molecule is CCNC(=NCc1ccccc1F)NCCC1CCN(C)CC1. The van der Waals surface area contributed by atoms with Crippen LogP contribution in [-0.4, -0.2) is 44.1 Å². The highest BCUT2D eigenvalue weighted by atomic mass is 19.1. The van der Waals surface area contributed by atoms with Gasteiger partial charge in [-0.15, -0.1) is 0 Å². The third-order valence-corrected chi connectivity index (χ3v) is 4.39. The molecule has 1 aromatic rings. The molecule has 0 aromatic heterocycles. The van der Waals surface area contributed by atoms with Crippen molar-refractivity contribution in [1.82, 2.24) is 15.5 Å². The molecule has 1 heterocycles. The van der Waals surface area contributed by atoms with Crippen molar-refractivity contribution < 1.29 is 4.39 Å². The fraction of sp³-hybridized carbons (Fsp3) is 0.611. The van der Waals surface area contributed by atoms with Crippen LogP contribution < -0.4 is 10.6 Å². The molecule has 0 aliphatic carbocycles. The van der Waals surface area contributed by atoms with Crippen LogP contribution in [-0.2, 0) is 6.54 Å². The molecule has 1 fully saturated rings. The van der Waals surface area contributed by atoms with Crippen molar-refractivity contribution in [1.29, 1.82) is 0 Å². The fourth-order valence-corrected chi connectivity index (χ4v) is 2.88. The number of rotatable bonds is 6. The third-order valence-electron chi connectivity index (χ3n) is 4.39. The Hall–Kier alpha value is -1.62. The van der Waals surface area contributed by atoms with Crippen molar-refractivity contribution in [3.63, 3.8) is 0 Å². The zero-order valence-electron chi connectivity index (χ0n) is 14.3. The van der Waals surface area contributed by atoms with E-state index in [1.807, 2.05) is 13.0 Å². The second-order valence-electron chi connectivity index (χ2n) is 6.25. The molecule has 1 aliphatic heterocycles. The Morgan fingerprint density at radius 1 is 1.26 bits per heavy atom. The Balaban J connectivity index is 1.79. The second kappa shape index (κ2) is 9.50. The summed E-state index contributed by atoms with van der Waals surface area (Å²) in [5.41, 5.74) is 0.625. The first-order valence-corrected chi connectivity index (χ1v) is 8.63. The van der Waals surface area contributed by atoms with Crippen LogP contribution in [0.15, 0.2) is 29.3 Å². The maximum atomic E-state index is 13.6. The summed E-state index contributed by atoms with van der Waals surface area (Å²) in [4.78, 5) is 6.88. The number of benzene rings is 1. The lowest BCUT2D eigenvalue weighted by atomic mass is 9.94. The second-order valence-corrected chi connectivity index (χ2v) is 6.25. The monoisotopic (exact) mass is 320 g/mol. The van der Waals surface area contributed by atoms with E-state index in [2.05, 4.69) is 27.6 Å². The molecule has 128 valence electrons. The number of aliphatic imine (C=N–C) groups is 1. The van der Waals surface area contributed by atoms with Gasteiger partial charge in [0.1, 0.15) is 5.82 Å². The minimum atomic E-state index is -0.196. The van der Waals surface area contributed by atoms with Crippen molar-refractivity contribution in [3.8, 4) is 0 Å². The quantitative estimate of drug-likeness (QED) is 0.625. The van der Waals surface area contributed by atoms with Crippen LogP contribution in [0.4, 0.5) is 4.39 Å². The molecule has 1 aliphatic rings. The molecule has 0 saturated carbocycles. The van der Waals surface area contributed by atoms with Gasteiger partial charge in [-0.05, 0) is 58.3 Å². The first-order valence-electron chi connectivity index (χ1n) is 8.63. The molecule has 0 radical (unpaired) electrons. The molecular formula is C18H29FN4. The normalized spacial score (nSPS) is 17.3. The molecule has 4 nitrogen and oxygen atoms in total. The molecule has 0 spiro atoms. The molecule has 2 N–H and O–H groups in total. The standard InChI is InChI=1S/C18H29FN4/c1-3-20-18(22-14-16-6-4-5-7-17(16)19)21-11-8-15-9-12-23(2)13-10-15/h4-7,15H,3,8-14H2,1-2H3,(H2,20,21,22). The Bertz CT molecular complexity index is 496.